The van der Waals surface area contributed by atoms with Crippen molar-refractivity contribution in [2.45, 2.75) is 38.5 Å². The number of carbonyl (C=O) groups is 1. The highest BCUT2D eigenvalue weighted by Crippen LogP contribution is 2.41. The number of aryl methyl sites for hydroxylation is 2. The molecule has 0 aromatic carbocycles. The van der Waals surface area contributed by atoms with Crippen LogP contribution in [0.15, 0.2) is 61.2 Å². The van der Waals surface area contributed by atoms with Gasteiger partial charge in [0.25, 0.3) is 5.91 Å². The van der Waals surface area contributed by atoms with Gasteiger partial charge < -0.3 is 14.5 Å². The highest BCUT2D eigenvalue weighted by molar-refractivity contribution is 5.93. The number of nitrogens with one attached hydrogen (secondary N) is 2. The van der Waals surface area contributed by atoms with Gasteiger partial charge in [0.2, 0.25) is 5.62 Å². The highest BCUT2D eigenvalue weighted by Gasteiger charge is 2.36. The van der Waals surface area contributed by atoms with Gasteiger partial charge in [-0.25, -0.2) is 4.98 Å². The minimum absolute atomic E-state index is 0.0300. The van der Waals surface area contributed by atoms with Gasteiger partial charge in [0.05, 0.1) is 29.5 Å². The molecule has 196 valence electrons. The maximum atomic E-state index is 13.8. The predicted octanol–water partition coefficient (Wildman–Crippen LogP) is 4.41. The number of carbonyl (C=O) groups excluding carboxylic acids is 1. The van der Waals surface area contributed by atoms with Crippen molar-refractivity contribution in [3.63, 3.8) is 0 Å². The smallest absolute Gasteiger partial charge is 0.342 e. The Hall–Kier alpha value is -4.28. The third kappa shape index (κ3) is 5.36. The number of alkyl halides is 3. The SMILES string of the molecule is Cc1ccnc(C(NC(=O)c2cc(Cn3ccn(C)c3=N)cc(-c3ncccc3C(F)(F)F)n2)C2CC2)c1. The number of amides is 1. The van der Waals surface area contributed by atoms with E-state index in [0.29, 0.717) is 5.56 Å². The fourth-order valence-corrected chi connectivity index (χ4v) is 4.41. The second-order valence-electron chi connectivity index (χ2n) is 9.55. The summed E-state index contributed by atoms with van der Waals surface area (Å²) < 4.78 is 44.6. The standard InChI is InChI=1S/C27H26F3N7O/c1-16-7-9-32-20(12-16)23(18-5-6-18)35-25(38)22-14-17(15-37-11-10-36(2)26(37)31)13-21(34-22)24-19(27(28,29)30)4-3-8-33-24/h3-4,7-14,18,23,31H,5-6,15H2,1-2H3,(H,35,38). The Bertz CT molecular complexity index is 1550. The summed E-state index contributed by atoms with van der Waals surface area (Å²) in [6, 6.07) is 8.64. The van der Waals surface area contributed by atoms with E-state index in [0.717, 1.165) is 30.2 Å². The van der Waals surface area contributed by atoms with Gasteiger partial charge in [-0.15, -0.1) is 0 Å². The summed E-state index contributed by atoms with van der Waals surface area (Å²) in [5.41, 5.74) is 1.06. The maximum absolute atomic E-state index is 13.8. The first-order valence-corrected chi connectivity index (χ1v) is 12.1. The third-order valence-corrected chi connectivity index (χ3v) is 6.54. The number of hydrogen-bond donors (Lipinski definition) is 2. The molecule has 4 heterocycles. The molecule has 8 nitrogen and oxygen atoms in total. The Kier molecular flexibility index (Phi) is 6.60. The average molecular weight is 522 g/mol. The molecule has 0 saturated heterocycles. The first-order chi connectivity index (χ1) is 18.1. The van der Waals surface area contributed by atoms with Gasteiger partial charge in [0.15, 0.2) is 0 Å². The quantitative estimate of drug-likeness (QED) is 0.376. The fourth-order valence-electron chi connectivity index (χ4n) is 4.41. The molecule has 1 aliphatic rings. The molecule has 0 spiro atoms. The zero-order valence-corrected chi connectivity index (χ0v) is 20.8. The molecule has 38 heavy (non-hydrogen) atoms. The van der Waals surface area contributed by atoms with Crippen LogP contribution >= 0.6 is 0 Å². The molecular weight excluding hydrogens is 495 g/mol. The van der Waals surface area contributed by atoms with E-state index < -0.39 is 17.6 Å². The Balaban J connectivity index is 1.56. The zero-order valence-electron chi connectivity index (χ0n) is 20.8. The molecule has 0 radical (unpaired) electrons. The van der Waals surface area contributed by atoms with E-state index >= 15 is 0 Å². The van der Waals surface area contributed by atoms with Gasteiger partial charge in [-0.05, 0) is 73.2 Å². The predicted molar refractivity (Wildman–Crippen MR) is 133 cm³/mol. The van der Waals surface area contributed by atoms with Gasteiger partial charge in [0.1, 0.15) is 11.4 Å². The lowest BCUT2D eigenvalue weighted by atomic mass is 10.0. The maximum Gasteiger partial charge on any atom is 0.418 e. The monoisotopic (exact) mass is 521 g/mol. The van der Waals surface area contributed by atoms with Crippen LogP contribution in [0.1, 0.15) is 51.8 Å². The molecule has 0 bridgehead atoms. The molecule has 1 fully saturated rings. The number of imidazole rings is 1. The van der Waals surface area contributed by atoms with Crippen LogP contribution in [-0.2, 0) is 19.8 Å². The summed E-state index contributed by atoms with van der Waals surface area (Å²) in [4.78, 5) is 26.2. The van der Waals surface area contributed by atoms with Crippen LogP contribution in [0, 0.1) is 18.3 Å². The van der Waals surface area contributed by atoms with Crippen molar-refractivity contribution >= 4 is 5.91 Å². The number of nitrogens with zero attached hydrogens (tertiary/aromatic N) is 5. The van der Waals surface area contributed by atoms with E-state index in [4.69, 9.17) is 5.41 Å². The lowest BCUT2D eigenvalue weighted by Gasteiger charge is -2.19. The number of rotatable bonds is 7. The number of pyridine rings is 3. The van der Waals surface area contributed by atoms with E-state index in [1.807, 2.05) is 19.1 Å². The summed E-state index contributed by atoms with van der Waals surface area (Å²) >= 11 is 0. The fraction of sp³-hybridized carbons (Fsp3) is 0.296. The molecule has 4 aromatic heterocycles. The summed E-state index contributed by atoms with van der Waals surface area (Å²) in [6.45, 7) is 2.11. The van der Waals surface area contributed by atoms with Crippen LogP contribution in [0.3, 0.4) is 0 Å². The van der Waals surface area contributed by atoms with Crippen LogP contribution in [0.5, 0.6) is 0 Å². The highest BCUT2D eigenvalue weighted by atomic mass is 19.4. The van der Waals surface area contributed by atoms with E-state index in [-0.39, 0.29) is 41.2 Å². The van der Waals surface area contributed by atoms with Crippen LogP contribution in [0.25, 0.3) is 11.4 Å². The van der Waals surface area contributed by atoms with Crippen molar-refractivity contribution < 1.29 is 18.0 Å². The third-order valence-electron chi connectivity index (χ3n) is 6.54. The van der Waals surface area contributed by atoms with Gasteiger partial charge >= 0.3 is 6.18 Å². The van der Waals surface area contributed by atoms with Crippen molar-refractivity contribution in [3.05, 3.63) is 94.9 Å². The van der Waals surface area contributed by atoms with Gasteiger partial charge in [-0.1, -0.05) is 0 Å². The second-order valence-corrected chi connectivity index (χ2v) is 9.55. The molecule has 0 aliphatic heterocycles. The molecule has 11 heteroatoms. The Morgan fingerprint density at radius 2 is 1.95 bits per heavy atom. The molecule has 1 amide bonds. The summed E-state index contributed by atoms with van der Waals surface area (Å²) in [5.74, 6) is -0.281. The first-order valence-electron chi connectivity index (χ1n) is 12.1. The topological polar surface area (TPSA) is 101 Å². The minimum atomic E-state index is -4.65. The number of hydrogen-bond acceptors (Lipinski definition) is 5. The van der Waals surface area contributed by atoms with Gasteiger partial charge in [-0.3, -0.25) is 20.2 Å². The number of aromatic nitrogens is 5. The molecule has 1 saturated carbocycles. The molecule has 1 atom stereocenters. The molecule has 1 aliphatic carbocycles. The minimum Gasteiger partial charge on any atom is -0.342 e. The van der Waals surface area contributed by atoms with Gasteiger partial charge in [0, 0.05) is 31.8 Å². The van der Waals surface area contributed by atoms with Crippen molar-refractivity contribution in [3.8, 4) is 11.4 Å². The van der Waals surface area contributed by atoms with Gasteiger partial charge in [-0.2, -0.15) is 13.2 Å². The Labute approximate surface area is 216 Å². The van der Waals surface area contributed by atoms with Crippen LogP contribution in [-0.4, -0.2) is 30.0 Å². The Morgan fingerprint density at radius 1 is 1.16 bits per heavy atom. The van der Waals surface area contributed by atoms with Crippen LogP contribution in [0.4, 0.5) is 13.2 Å². The summed E-state index contributed by atoms with van der Waals surface area (Å²) in [5, 5.41) is 11.2. The molecule has 2 N–H and O–H groups in total. The Morgan fingerprint density at radius 3 is 2.61 bits per heavy atom. The molecular formula is C27H26F3N7O. The lowest BCUT2D eigenvalue weighted by Crippen LogP contribution is -2.31. The average Bonchev–Trinajstić information content (AvgIpc) is 3.68. The zero-order chi connectivity index (χ0) is 27.0. The van der Waals surface area contributed by atoms with Crippen LogP contribution in [0.2, 0.25) is 0 Å². The van der Waals surface area contributed by atoms with Crippen molar-refractivity contribution in [1.29, 1.82) is 5.41 Å². The largest absolute Gasteiger partial charge is 0.418 e. The van der Waals surface area contributed by atoms with Crippen molar-refractivity contribution in [2.75, 3.05) is 0 Å². The lowest BCUT2D eigenvalue weighted by molar-refractivity contribution is -0.137. The number of halogens is 3. The van der Waals surface area contributed by atoms with Crippen molar-refractivity contribution in [2.24, 2.45) is 13.0 Å². The van der Waals surface area contributed by atoms with Crippen LogP contribution < -0.4 is 10.9 Å². The molecule has 1 unspecified atom stereocenters. The van der Waals surface area contributed by atoms with E-state index in [2.05, 4.69) is 20.3 Å². The van der Waals surface area contributed by atoms with E-state index in [9.17, 15) is 18.0 Å². The second kappa shape index (κ2) is 9.88. The summed E-state index contributed by atoms with van der Waals surface area (Å²) in [6.07, 6.45) is 3.58. The molecule has 5 rings (SSSR count). The summed E-state index contributed by atoms with van der Waals surface area (Å²) in [7, 11) is 1.72. The van der Waals surface area contributed by atoms with E-state index in [1.165, 1.54) is 18.3 Å². The van der Waals surface area contributed by atoms with Crippen molar-refractivity contribution in [1.82, 2.24) is 29.4 Å². The molecule has 4 aromatic rings. The normalized spacial score (nSPS) is 14.3. The van der Waals surface area contributed by atoms with E-state index in [1.54, 1.807) is 40.8 Å². The first kappa shape index (κ1) is 25.4.